The summed E-state index contributed by atoms with van der Waals surface area (Å²) in [5, 5.41) is 4.61. The lowest BCUT2D eigenvalue weighted by molar-refractivity contribution is 0.754. The van der Waals surface area contributed by atoms with Crippen molar-refractivity contribution in [3.05, 3.63) is 22.7 Å². The van der Waals surface area contributed by atoms with Crippen LogP contribution in [0.3, 0.4) is 0 Å². The van der Waals surface area contributed by atoms with Gasteiger partial charge in [0, 0.05) is 10.5 Å². The van der Waals surface area contributed by atoms with Gasteiger partial charge in [0.2, 0.25) is 0 Å². The number of rotatable bonds is 2. The average Bonchev–Trinajstić information content (AvgIpc) is 2.86. The van der Waals surface area contributed by atoms with Crippen molar-refractivity contribution in [2.75, 3.05) is 5.32 Å². The van der Waals surface area contributed by atoms with Crippen molar-refractivity contribution >= 4 is 42.6 Å². The van der Waals surface area contributed by atoms with E-state index in [0.29, 0.717) is 6.04 Å². The number of aromatic nitrogens is 1. The lowest BCUT2D eigenvalue weighted by atomic mass is 10.3. The monoisotopic (exact) mass is 296 g/mol. The number of fused-ring (bicyclic) bond motifs is 1. The van der Waals surface area contributed by atoms with E-state index in [2.05, 4.69) is 44.4 Å². The van der Waals surface area contributed by atoms with E-state index in [1.807, 2.05) is 0 Å². The second-order valence-electron chi connectivity index (χ2n) is 4.26. The Morgan fingerprint density at radius 3 is 2.94 bits per heavy atom. The van der Waals surface area contributed by atoms with E-state index in [1.54, 1.807) is 11.3 Å². The molecule has 2 nitrogen and oxygen atoms in total. The summed E-state index contributed by atoms with van der Waals surface area (Å²) in [6.07, 6.45) is 5.29. The van der Waals surface area contributed by atoms with Crippen LogP contribution in [0.2, 0.25) is 0 Å². The van der Waals surface area contributed by atoms with E-state index in [-0.39, 0.29) is 0 Å². The summed E-state index contributed by atoms with van der Waals surface area (Å²) in [6, 6.07) is 6.91. The third-order valence-corrected chi connectivity index (χ3v) is 4.49. The number of halogens is 1. The van der Waals surface area contributed by atoms with Crippen molar-refractivity contribution in [1.29, 1.82) is 0 Å². The van der Waals surface area contributed by atoms with E-state index in [4.69, 9.17) is 0 Å². The van der Waals surface area contributed by atoms with E-state index in [0.717, 1.165) is 15.1 Å². The highest BCUT2D eigenvalue weighted by atomic mass is 79.9. The molecule has 1 aromatic carbocycles. The lowest BCUT2D eigenvalue weighted by Crippen LogP contribution is -2.13. The topological polar surface area (TPSA) is 24.9 Å². The Hall–Kier alpha value is -0.610. The van der Waals surface area contributed by atoms with Gasteiger partial charge in [-0.15, -0.1) is 0 Å². The zero-order valence-corrected chi connectivity index (χ0v) is 11.3. The second kappa shape index (κ2) is 4.34. The molecule has 0 aliphatic heterocycles. The van der Waals surface area contributed by atoms with Crippen LogP contribution in [-0.2, 0) is 0 Å². The highest BCUT2D eigenvalue weighted by molar-refractivity contribution is 9.10. The molecule has 0 spiro atoms. The third-order valence-electron chi connectivity index (χ3n) is 3.03. The quantitative estimate of drug-likeness (QED) is 0.888. The molecule has 0 amide bonds. The Balaban J connectivity index is 1.86. The first kappa shape index (κ1) is 10.5. The molecular formula is C12H13BrN2S. The maximum Gasteiger partial charge on any atom is 0.184 e. The van der Waals surface area contributed by atoms with Gasteiger partial charge in [-0.2, -0.15) is 0 Å². The van der Waals surface area contributed by atoms with Gasteiger partial charge in [0.1, 0.15) is 0 Å². The van der Waals surface area contributed by atoms with Crippen LogP contribution >= 0.6 is 27.3 Å². The van der Waals surface area contributed by atoms with Gasteiger partial charge >= 0.3 is 0 Å². The number of hydrogen-bond donors (Lipinski definition) is 1. The molecule has 0 radical (unpaired) electrons. The Kier molecular flexibility index (Phi) is 2.86. The van der Waals surface area contributed by atoms with Crippen LogP contribution in [0.15, 0.2) is 22.7 Å². The summed E-state index contributed by atoms with van der Waals surface area (Å²) >= 11 is 5.22. The first-order valence-electron chi connectivity index (χ1n) is 5.64. The molecule has 0 atom stereocenters. The molecule has 1 fully saturated rings. The van der Waals surface area contributed by atoms with Crippen LogP contribution in [-0.4, -0.2) is 11.0 Å². The first-order chi connectivity index (χ1) is 7.81. The van der Waals surface area contributed by atoms with Crippen LogP contribution in [0.5, 0.6) is 0 Å². The fourth-order valence-corrected chi connectivity index (χ4v) is 3.48. The number of thiazole rings is 1. The summed E-state index contributed by atoms with van der Waals surface area (Å²) in [4.78, 5) is 4.61. The first-order valence-corrected chi connectivity index (χ1v) is 7.25. The van der Waals surface area contributed by atoms with E-state index in [1.165, 1.54) is 30.4 Å². The van der Waals surface area contributed by atoms with E-state index in [9.17, 15) is 0 Å². The predicted octanol–water partition coefficient (Wildman–Crippen LogP) is 4.41. The number of anilines is 1. The van der Waals surface area contributed by atoms with Gasteiger partial charge in [-0.1, -0.05) is 40.1 Å². The molecule has 84 valence electrons. The SMILES string of the molecule is Brc1ccc2sc(NC3CCCC3)nc2c1. The van der Waals surface area contributed by atoms with Gasteiger partial charge in [0.15, 0.2) is 5.13 Å². The Labute approximate surface area is 107 Å². The molecule has 4 heteroatoms. The van der Waals surface area contributed by atoms with Crippen molar-refractivity contribution in [3.8, 4) is 0 Å². The van der Waals surface area contributed by atoms with E-state index >= 15 is 0 Å². The van der Waals surface area contributed by atoms with Gasteiger partial charge < -0.3 is 5.32 Å². The largest absolute Gasteiger partial charge is 0.359 e. The van der Waals surface area contributed by atoms with Gasteiger partial charge in [-0.05, 0) is 31.0 Å². The minimum Gasteiger partial charge on any atom is -0.359 e. The van der Waals surface area contributed by atoms with Crippen molar-refractivity contribution in [2.45, 2.75) is 31.7 Å². The minimum atomic E-state index is 0.643. The predicted molar refractivity (Wildman–Crippen MR) is 73.2 cm³/mol. The molecule has 3 rings (SSSR count). The molecule has 1 aliphatic rings. The van der Waals surface area contributed by atoms with Crippen molar-refractivity contribution in [2.24, 2.45) is 0 Å². The average molecular weight is 297 g/mol. The molecule has 1 N–H and O–H groups in total. The summed E-state index contributed by atoms with van der Waals surface area (Å²) < 4.78 is 2.35. The van der Waals surface area contributed by atoms with Gasteiger partial charge in [-0.25, -0.2) is 4.98 Å². The highest BCUT2D eigenvalue weighted by Gasteiger charge is 2.16. The second-order valence-corrected chi connectivity index (χ2v) is 6.20. The molecule has 16 heavy (non-hydrogen) atoms. The van der Waals surface area contributed by atoms with Crippen LogP contribution < -0.4 is 5.32 Å². The normalized spacial score (nSPS) is 17.1. The summed E-state index contributed by atoms with van der Waals surface area (Å²) in [5.74, 6) is 0. The third kappa shape index (κ3) is 2.09. The van der Waals surface area contributed by atoms with Gasteiger partial charge in [-0.3, -0.25) is 0 Å². The van der Waals surface area contributed by atoms with Crippen LogP contribution in [0.25, 0.3) is 10.2 Å². The van der Waals surface area contributed by atoms with Crippen molar-refractivity contribution in [1.82, 2.24) is 4.98 Å². The zero-order chi connectivity index (χ0) is 11.0. The number of nitrogens with zero attached hydrogens (tertiary/aromatic N) is 1. The summed E-state index contributed by atoms with van der Waals surface area (Å²) in [6.45, 7) is 0. The van der Waals surface area contributed by atoms with Crippen molar-refractivity contribution in [3.63, 3.8) is 0 Å². The molecule has 0 bridgehead atoms. The minimum absolute atomic E-state index is 0.643. The molecule has 2 aromatic rings. The summed E-state index contributed by atoms with van der Waals surface area (Å²) in [5.41, 5.74) is 1.08. The van der Waals surface area contributed by atoms with Crippen LogP contribution in [0, 0.1) is 0 Å². The summed E-state index contributed by atoms with van der Waals surface area (Å²) in [7, 11) is 0. The zero-order valence-electron chi connectivity index (χ0n) is 8.87. The van der Waals surface area contributed by atoms with E-state index < -0.39 is 0 Å². The molecule has 0 unspecified atom stereocenters. The molecule has 0 saturated heterocycles. The maximum absolute atomic E-state index is 4.61. The van der Waals surface area contributed by atoms with Gasteiger partial charge in [0.05, 0.1) is 10.2 Å². The van der Waals surface area contributed by atoms with Crippen molar-refractivity contribution < 1.29 is 0 Å². The fourth-order valence-electron chi connectivity index (χ4n) is 2.21. The Morgan fingerprint density at radius 1 is 1.31 bits per heavy atom. The molecule has 1 aliphatic carbocycles. The molecule has 1 heterocycles. The Morgan fingerprint density at radius 2 is 2.12 bits per heavy atom. The van der Waals surface area contributed by atoms with Crippen LogP contribution in [0.4, 0.5) is 5.13 Å². The standard InChI is InChI=1S/C12H13BrN2S/c13-8-5-6-11-10(7-8)15-12(16-11)14-9-3-1-2-4-9/h5-7,9H,1-4H2,(H,14,15). The highest BCUT2D eigenvalue weighted by Crippen LogP contribution is 2.30. The Bertz CT molecular complexity index is 503. The molecule has 1 saturated carbocycles. The van der Waals surface area contributed by atoms with Gasteiger partial charge in [0.25, 0.3) is 0 Å². The fraction of sp³-hybridized carbons (Fsp3) is 0.417. The number of hydrogen-bond acceptors (Lipinski definition) is 3. The number of nitrogens with one attached hydrogen (secondary N) is 1. The number of benzene rings is 1. The molecule has 1 aromatic heterocycles. The smallest absolute Gasteiger partial charge is 0.184 e. The maximum atomic E-state index is 4.61. The lowest BCUT2D eigenvalue weighted by Gasteiger charge is -2.09. The van der Waals surface area contributed by atoms with Crippen LogP contribution in [0.1, 0.15) is 25.7 Å². The molecular weight excluding hydrogens is 284 g/mol.